The van der Waals surface area contributed by atoms with Gasteiger partial charge in [-0.2, -0.15) is 13.2 Å². The van der Waals surface area contributed by atoms with Crippen LogP contribution in [0, 0.1) is 6.92 Å². The number of unbranched alkanes of at least 4 members (excludes halogenated alkanes) is 1. The fourth-order valence-corrected chi connectivity index (χ4v) is 3.66. The minimum atomic E-state index is -4.57. The van der Waals surface area contributed by atoms with Gasteiger partial charge in [0.05, 0.1) is 11.9 Å². The van der Waals surface area contributed by atoms with Crippen molar-refractivity contribution in [3.63, 3.8) is 0 Å². The highest BCUT2D eigenvalue weighted by Crippen LogP contribution is 2.30. The molecule has 1 aromatic heterocycles. The number of halogens is 3. The Bertz CT molecular complexity index is 1110. The highest BCUT2D eigenvalue weighted by molar-refractivity contribution is 7.92. The van der Waals surface area contributed by atoms with E-state index in [1.807, 2.05) is 6.92 Å². The van der Waals surface area contributed by atoms with Crippen LogP contribution >= 0.6 is 0 Å². The van der Waals surface area contributed by atoms with E-state index in [1.165, 1.54) is 6.07 Å². The Hall–Kier alpha value is -2.88. The fourth-order valence-electron chi connectivity index (χ4n) is 3.03. The molecule has 10 heteroatoms. The molecular formula is C22H26F3N3O3S. The van der Waals surface area contributed by atoms with E-state index in [4.69, 9.17) is 0 Å². The molecule has 0 unspecified atom stereocenters. The number of carbonyl (C=O) groups is 1. The average Bonchev–Trinajstić information content (AvgIpc) is 2.70. The standard InChI is InChI=1S/C22H26F3N3O3S/c1-5-6-7-19-17(9-11-20(27-19)22(23,24)25)15(3)21(29)26-13-16-8-10-18(14(2)12-16)28-32(4,30)31/h8-12,28H,3,5-7,13H2,1-2,4H3,(H,26,29). The zero-order valence-corrected chi connectivity index (χ0v) is 19.0. The molecule has 2 rings (SSSR count). The molecule has 174 valence electrons. The smallest absolute Gasteiger partial charge is 0.348 e. The summed E-state index contributed by atoms with van der Waals surface area (Å²) in [5, 5.41) is 2.69. The summed E-state index contributed by atoms with van der Waals surface area (Å²) in [7, 11) is -3.41. The third-order valence-corrected chi connectivity index (χ3v) is 5.26. The maximum Gasteiger partial charge on any atom is 0.433 e. The van der Waals surface area contributed by atoms with Gasteiger partial charge in [-0.3, -0.25) is 9.52 Å². The van der Waals surface area contributed by atoms with Crippen molar-refractivity contribution in [1.82, 2.24) is 10.3 Å². The number of alkyl halides is 3. The first-order valence-corrected chi connectivity index (χ1v) is 11.8. The SMILES string of the molecule is C=C(C(=O)NCc1ccc(NS(C)(=O)=O)c(C)c1)c1ccc(C(F)(F)F)nc1CCCC. The lowest BCUT2D eigenvalue weighted by molar-refractivity contribution is -0.141. The number of benzene rings is 1. The van der Waals surface area contributed by atoms with E-state index in [1.54, 1.807) is 25.1 Å². The third-order valence-electron chi connectivity index (χ3n) is 4.67. The predicted octanol–water partition coefficient (Wildman–Crippen LogP) is 4.45. The second kappa shape index (κ2) is 10.2. The van der Waals surface area contributed by atoms with E-state index in [2.05, 4.69) is 21.6 Å². The maximum absolute atomic E-state index is 13.0. The Labute approximate surface area is 186 Å². The van der Waals surface area contributed by atoms with Crippen LogP contribution in [0.1, 0.15) is 47.8 Å². The number of carbonyl (C=O) groups excluding carboxylic acids is 1. The number of hydrogen-bond acceptors (Lipinski definition) is 4. The van der Waals surface area contributed by atoms with Crippen LogP contribution in [-0.2, 0) is 34.0 Å². The van der Waals surface area contributed by atoms with Crippen molar-refractivity contribution >= 4 is 27.2 Å². The molecule has 0 aliphatic carbocycles. The van der Waals surface area contributed by atoms with E-state index in [0.717, 1.165) is 24.3 Å². The number of rotatable bonds is 9. The summed E-state index contributed by atoms with van der Waals surface area (Å²) in [6, 6.07) is 7.06. The summed E-state index contributed by atoms with van der Waals surface area (Å²) >= 11 is 0. The molecule has 0 fully saturated rings. The van der Waals surface area contributed by atoms with Crippen molar-refractivity contribution in [1.29, 1.82) is 0 Å². The number of sulfonamides is 1. The number of amides is 1. The minimum absolute atomic E-state index is 0.0319. The molecule has 0 aliphatic heterocycles. The largest absolute Gasteiger partial charge is 0.433 e. The maximum atomic E-state index is 13.0. The number of pyridine rings is 1. The highest BCUT2D eigenvalue weighted by atomic mass is 32.2. The minimum Gasteiger partial charge on any atom is -0.348 e. The summed E-state index contributed by atoms with van der Waals surface area (Å²) < 4.78 is 64.3. The first kappa shape index (κ1) is 25.4. The van der Waals surface area contributed by atoms with Gasteiger partial charge in [0.1, 0.15) is 5.69 Å². The molecule has 0 atom stereocenters. The van der Waals surface area contributed by atoms with E-state index >= 15 is 0 Å². The Morgan fingerprint density at radius 2 is 1.88 bits per heavy atom. The number of aryl methyl sites for hydroxylation is 2. The van der Waals surface area contributed by atoms with Crippen LogP contribution in [0.25, 0.3) is 5.57 Å². The number of hydrogen-bond donors (Lipinski definition) is 2. The molecule has 1 amide bonds. The molecule has 32 heavy (non-hydrogen) atoms. The molecule has 0 spiro atoms. The molecule has 2 aromatic rings. The average molecular weight is 470 g/mol. The quantitative estimate of drug-likeness (QED) is 0.531. The van der Waals surface area contributed by atoms with Crippen molar-refractivity contribution in [2.45, 2.75) is 45.8 Å². The Morgan fingerprint density at radius 1 is 1.19 bits per heavy atom. The molecule has 6 nitrogen and oxygen atoms in total. The molecule has 0 saturated heterocycles. The van der Waals surface area contributed by atoms with Crippen LogP contribution in [-0.4, -0.2) is 25.6 Å². The number of nitrogens with one attached hydrogen (secondary N) is 2. The summed E-state index contributed by atoms with van der Waals surface area (Å²) in [5.74, 6) is -0.528. The molecule has 2 N–H and O–H groups in total. The van der Waals surface area contributed by atoms with Crippen molar-refractivity contribution in [3.05, 3.63) is 65.0 Å². The molecule has 1 aromatic carbocycles. The van der Waals surface area contributed by atoms with Gasteiger partial charge in [-0.25, -0.2) is 13.4 Å². The van der Waals surface area contributed by atoms with Crippen molar-refractivity contribution in [2.75, 3.05) is 11.0 Å². The van der Waals surface area contributed by atoms with Crippen LogP contribution in [0.2, 0.25) is 0 Å². The first-order valence-electron chi connectivity index (χ1n) is 9.93. The molecule has 0 radical (unpaired) electrons. The van der Waals surface area contributed by atoms with Crippen molar-refractivity contribution in [2.24, 2.45) is 0 Å². The monoisotopic (exact) mass is 469 g/mol. The lowest BCUT2D eigenvalue weighted by Gasteiger charge is -2.15. The van der Waals surface area contributed by atoms with Gasteiger partial charge in [0, 0.05) is 23.4 Å². The van der Waals surface area contributed by atoms with Crippen LogP contribution in [0.4, 0.5) is 18.9 Å². The summed E-state index contributed by atoms with van der Waals surface area (Å²) in [4.78, 5) is 16.3. The van der Waals surface area contributed by atoms with Crippen molar-refractivity contribution in [3.8, 4) is 0 Å². The van der Waals surface area contributed by atoms with Gasteiger partial charge in [0.2, 0.25) is 10.0 Å². The Morgan fingerprint density at radius 3 is 2.44 bits per heavy atom. The van der Waals surface area contributed by atoms with Crippen LogP contribution < -0.4 is 10.0 Å². The molecular weight excluding hydrogens is 443 g/mol. The topological polar surface area (TPSA) is 88.2 Å². The van der Waals surface area contributed by atoms with E-state index < -0.39 is 27.8 Å². The van der Waals surface area contributed by atoms with Gasteiger partial charge >= 0.3 is 6.18 Å². The molecule has 0 saturated carbocycles. The summed E-state index contributed by atoms with van der Waals surface area (Å²) in [5.41, 5.74) is 1.34. The molecule has 1 heterocycles. The van der Waals surface area contributed by atoms with Gasteiger partial charge in [-0.1, -0.05) is 38.1 Å². The second-order valence-electron chi connectivity index (χ2n) is 7.48. The van der Waals surface area contributed by atoms with Gasteiger partial charge in [0.25, 0.3) is 5.91 Å². The summed E-state index contributed by atoms with van der Waals surface area (Å²) in [6.07, 6.45) is -1.82. The van der Waals surface area contributed by atoms with Crippen LogP contribution in [0.3, 0.4) is 0 Å². The Kier molecular flexibility index (Phi) is 8.06. The first-order chi connectivity index (χ1) is 14.8. The molecule has 0 bridgehead atoms. The number of aromatic nitrogens is 1. The van der Waals surface area contributed by atoms with Gasteiger partial charge in [0.15, 0.2) is 0 Å². The van der Waals surface area contributed by atoms with Crippen LogP contribution in [0.5, 0.6) is 0 Å². The zero-order valence-electron chi connectivity index (χ0n) is 18.1. The van der Waals surface area contributed by atoms with Gasteiger partial charge in [-0.15, -0.1) is 0 Å². The van der Waals surface area contributed by atoms with Gasteiger partial charge < -0.3 is 5.32 Å². The summed E-state index contributed by atoms with van der Waals surface area (Å²) in [6.45, 7) is 7.53. The van der Waals surface area contributed by atoms with Gasteiger partial charge in [-0.05, 0) is 43.0 Å². The fraction of sp³-hybridized carbons (Fsp3) is 0.364. The second-order valence-corrected chi connectivity index (χ2v) is 9.23. The Balaban J connectivity index is 2.15. The lowest BCUT2D eigenvalue weighted by Crippen LogP contribution is -2.24. The predicted molar refractivity (Wildman–Crippen MR) is 118 cm³/mol. The van der Waals surface area contributed by atoms with Crippen molar-refractivity contribution < 1.29 is 26.4 Å². The number of nitrogens with zero attached hydrogens (tertiary/aromatic N) is 1. The van der Waals surface area contributed by atoms with Crippen LogP contribution in [0.15, 0.2) is 36.9 Å². The zero-order chi connectivity index (χ0) is 24.1. The van der Waals surface area contributed by atoms with E-state index in [-0.39, 0.29) is 23.4 Å². The number of anilines is 1. The highest BCUT2D eigenvalue weighted by Gasteiger charge is 2.33. The van der Waals surface area contributed by atoms with E-state index in [0.29, 0.717) is 24.1 Å². The normalized spacial score (nSPS) is 11.8. The lowest BCUT2D eigenvalue weighted by atomic mass is 10.0. The third kappa shape index (κ3) is 7.08. The van der Waals surface area contributed by atoms with E-state index in [9.17, 15) is 26.4 Å². The molecule has 0 aliphatic rings.